The number of imidazole rings is 1. The molecule has 0 aliphatic rings. The van der Waals surface area contributed by atoms with Gasteiger partial charge >= 0.3 is 0 Å². The molecule has 0 amide bonds. The van der Waals surface area contributed by atoms with Crippen LogP contribution in [0.1, 0.15) is 22.6 Å². The highest BCUT2D eigenvalue weighted by molar-refractivity contribution is 5.15. The van der Waals surface area contributed by atoms with Gasteiger partial charge in [0.2, 0.25) is 0 Å². The standard InChI is InChI=1S/C20H24N4/c1-17-22-14-20(23(17)2)16-24(15-19-8-11-21-12-9-19)13-10-18-6-4-3-5-7-18/h3-9,11-12,14H,10,13,15-16H2,1-2H3. The van der Waals surface area contributed by atoms with Crippen LogP contribution in [0.2, 0.25) is 0 Å². The molecule has 0 atom stereocenters. The number of benzene rings is 1. The van der Waals surface area contributed by atoms with Crippen LogP contribution >= 0.6 is 0 Å². The number of hydrogen-bond acceptors (Lipinski definition) is 3. The SMILES string of the molecule is Cc1ncc(CN(CCc2ccccc2)Cc2ccncc2)n1C. The molecule has 4 nitrogen and oxygen atoms in total. The van der Waals surface area contributed by atoms with Crippen molar-refractivity contribution in [2.75, 3.05) is 6.54 Å². The molecule has 124 valence electrons. The monoisotopic (exact) mass is 320 g/mol. The first-order valence-corrected chi connectivity index (χ1v) is 8.35. The van der Waals surface area contributed by atoms with E-state index in [1.807, 2.05) is 25.5 Å². The first-order chi connectivity index (χ1) is 11.7. The van der Waals surface area contributed by atoms with E-state index < -0.39 is 0 Å². The molecule has 4 heteroatoms. The summed E-state index contributed by atoms with van der Waals surface area (Å²) in [5.41, 5.74) is 3.91. The summed E-state index contributed by atoms with van der Waals surface area (Å²) >= 11 is 0. The number of aryl methyl sites for hydroxylation is 1. The lowest BCUT2D eigenvalue weighted by atomic mass is 10.1. The van der Waals surface area contributed by atoms with E-state index >= 15 is 0 Å². The largest absolute Gasteiger partial charge is 0.334 e. The molecule has 3 aromatic rings. The Bertz CT molecular complexity index is 750. The zero-order valence-electron chi connectivity index (χ0n) is 14.4. The molecule has 24 heavy (non-hydrogen) atoms. The molecule has 2 aromatic heterocycles. The summed E-state index contributed by atoms with van der Waals surface area (Å²) < 4.78 is 2.17. The van der Waals surface area contributed by atoms with Crippen molar-refractivity contribution in [3.8, 4) is 0 Å². The van der Waals surface area contributed by atoms with Crippen LogP contribution in [0.4, 0.5) is 0 Å². The van der Waals surface area contributed by atoms with Crippen LogP contribution < -0.4 is 0 Å². The van der Waals surface area contributed by atoms with Gasteiger partial charge in [0.25, 0.3) is 0 Å². The van der Waals surface area contributed by atoms with E-state index in [4.69, 9.17) is 0 Å². The molecule has 0 saturated heterocycles. The number of pyridine rings is 1. The summed E-state index contributed by atoms with van der Waals surface area (Å²) in [7, 11) is 2.08. The fraction of sp³-hybridized carbons (Fsp3) is 0.300. The first-order valence-electron chi connectivity index (χ1n) is 8.35. The molecule has 0 aliphatic carbocycles. The van der Waals surface area contributed by atoms with Gasteiger partial charge in [-0.15, -0.1) is 0 Å². The summed E-state index contributed by atoms with van der Waals surface area (Å²) in [6.07, 6.45) is 6.75. The van der Waals surface area contributed by atoms with Gasteiger partial charge in [0.1, 0.15) is 5.82 Å². The Kier molecular flexibility index (Phi) is 5.39. The Labute approximate surface area is 143 Å². The van der Waals surface area contributed by atoms with Crippen LogP contribution in [0.15, 0.2) is 61.1 Å². The molecule has 3 rings (SSSR count). The van der Waals surface area contributed by atoms with Gasteiger partial charge < -0.3 is 4.57 Å². The lowest BCUT2D eigenvalue weighted by Crippen LogP contribution is -2.26. The van der Waals surface area contributed by atoms with Gasteiger partial charge in [-0.1, -0.05) is 30.3 Å². The zero-order valence-corrected chi connectivity index (χ0v) is 14.4. The van der Waals surface area contributed by atoms with Crippen LogP contribution in [0.25, 0.3) is 0 Å². The second-order valence-corrected chi connectivity index (χ2v) is 6.16. The third kappa shape index (κ3) is 4.30. The minimum atomic E-state index is 0.895. The van der Waals surface area contributed by atoms with Crippen LogP contribution in [0, 0.1) is 6.92 Å². The van der Waals surface area contributed by atoms with Gasteiger partial charge in [-0.05, 0) is 36.6 Å². The Morgan fingerprint density at radius 1 is 0.958 bits per heavy atom. The fourth-order valence-electron chi connectivity index (χ4n) is 2.82. The van der Waals surface area contributed by atoms with E-state index in [0.717, 1.165) is 31.9 Å². The Morgan fingerprint density at radius 2 is 1.71 bits per heavy atom. The maximum absolute atomic E-state index is 4.42. The molecule has 0 fully saturated rings. The first kappa shape index (κ1) is 16.4. The van der Waals surface area contributed by atoms with Gasteiger partial charge in [0.05, 0.1) is 5.69 Å². The van der Waals surface area contributed by atoms with E-state index in [1.54, 1.807) is 0 Å². The highest BCUT2D eigenvalue weighted by Gasteiger charge is 2.11. The molecule has 0 saturated carbocycles. The van der Waals surface area contributed by atoms with Crippen LogP contribution in [0.3, 0.4) is 0 Å². The third-order valence-corrected chi connectivity index (χ3v) is 4.42. The van der Waals surface area contributed by atoms with E-state index in [0.29, 0.717) is 0 Å². The summed E-state index contributed by atoms with van der Waals surface area (Å²) in [6.45, 7) is 4.86. The summed E-state index contributed by atoms with van der Waals surface area (Å²) in [6, 6.07) is 14.8. The maximum Gasteiger partial charge on any atom is 0.105 e. The zero-order chi connectivity index (χ0) is 16.8. The van der Waals surface area contributed by atoms with Gasteiger partial charge in [0, 0.05) is 45.3 Å². The van der Waals surface area contributed by atoms with Crippen LogP contribution in [-0.4, -0.2) is 26.0 Å². The van der Waals surface area contributed by atoms with Crippen LogP contribution in [-0.2, 0) is 26.6 Å². The van der Waals surface area contributed by atoms with Crippen LogP contribution in [0.5, 0.6) is 0 Å². The Balaban J connectivity index is 1.71. The maximum atomic E-state index is 4.42. The van der Waals surface area contributed by atoms with Crippen molar-refractivity contribution in [3.63, 3.8) is 0 Å². The van der Waals surface area contributed by atoms with Gasteiger partial charge in [-0.25, -0.2) is 4.98 Å². The topological polar surface area (TPSA) is 34.0 Å². The number of aromatic nitrogens is 3. The van der Waals surface area contributed by atoms with Crippen molar-refractivity contribution < 1.29 is 0 Å². The van der Waals surface area contributed by atoms with E-state index in [1.165, 1.54) is 16.8 Å². The molecule has 0 bridgehead atoms. The average molecular weight is 320 g/mol. The van der Waals surface area contributed by atoms with Crippen molar-refractivity contribution in [3.05, 3.63) is 83.7 Å². The molecule has 0 unspecified atom stereocenters. The van der Waals surface area contributed by atoms with Gasteiger partial charge in [-0.2, -0.15) is 0 Å². The van der Waals surface area contributed by atoms with Crippen molar-refractivity contribution in [2.24, 2.45) is 7.05 Å². The Morgan fingerprint density at radius 3 is 2.38 bits per heavy atom. The Hall–Kier alpha value is -2.46. The van der Waals surface area contributed by atoms with E-state index in [-0.39, 0.29) is 0 Å². The predicted octanol–water partition coefficient (Wildman–Crippen LogP) is 3.37. The van der Waals surface area contributed by atoms with Gasteiger partial charge in [-0.3, -0.25) is 9.88 Å². The van der Waals surface area contributed by atoms with Crippen molar-refractivity contribution >= 4 is 0 Å². The fourth-order valence-corrected chi connectivity index (χ4v) is 2.82. The lowest BCUT2D eigenvalue weighted by molar-refractivity contribution is 0.254. The van der Waals surface area contributed by atoms with Gasteiger partial charge in [0.15, 0.2) is 0 Å². The van der Waals surface area contributed by atoms with Crippen molar-refractivity contribution in [2.45, 2.75) is 26.4 Å². The molecule has 0 aliphatic heterocycles. The average Bonchev–Trinajstić information content (AvgIpc) is 2.93. The van der Waals surface area contributed by atoms with Crippen molar-refractivity contribution in [1.29, 1.82) is 0 Å². The molecule has 0 N–H and O–H groups in total. The highest BCUT2D eigenvalue weighted by Crippen LogP contribution is 2.12. The summed E-state index contributed by atoms with van der Waals surface area (Å²) in [4.78, 5) is 11.0. The highest BCUT2D eigenvalue weighted by atomic mass is 15.2. The van der Waals surface area contributed by atoms with E-state index in [2.05, 4.69) is 68.9 Å². The molecule has 0 spiro atoms. The quantitative estimate of drug-likeness (QED) is 0.669. The number of hydrogen-bond donors (Lipinski definition) is 0. The van der Waals surface area contributed by atoms with Crippen molar-refractivity contribution in [1.82, 2.24) is 19.4 Å². The normalized spacial score (nSPS) is 11.1. The second kappa shape index (κ2) is 7.88. The number of nitrogens with zero attached hydrogens (tertiary/aromatic N) is 4. The number of rotatable bonds is 7. The minimum absolute atomic E-state index is 0.895. The predicted molar refractivity (Wildman–Crippen MR) is 96.4 cm³/mol. The molecule has 2 heterocycles. The molecule has 0 radical (unpaired) electrons. The lowest BCUT2D eigenvalue weighted by Gasteiger charge is -2.22. The second-order valence-electron chi connectivity index (χ2n) is 6.16. The molecular formula is C20H24N4. The van der Waals surface area contributed by atoms with E-state index in [9.17, 15) is 0 Å². The summed E-state index contributed by atoms with van der Waals surface area (Å²) in [5.74, 6) is 1.05. The third-order valence-electron chi connectivity index (χ3n) is 4.42. The molecule has 1 aromatic carbocycles. The molecular weight excluding hydrogens is 296 g/mol. The minimum Gasteiger partial charge on any atom is -0.334 e. The summed E-state index contributed by atoms with van der Waals surface area (Å²) in [5, 5.41) is 0. The smallest absolute Gasteiger partial charge is 0.105 e.